The van der Waals surface area contributed by atoms with Crippen LogP contribution in [0.2, 0.25) is 0 Å². The van der Waals surface area contributed by atoms with Gasteiger partial charge in [-0.15, -0.1) is 0 Å². The summed E-state index contributed by atoms with van der Waals surface area (Å²) in [7, 11) is 0. The van der Waals surface area contributed by atoms with Gasteiger partial charge in [0.05, 0.1) is 16.6 Å². The van der Waals surface area contributed by atoms with Gasteiger partial charge in [-0.2, -0.15) is 0 Å². The van der Waals surface area contributed by atoms with Crippen molar-refractivity contribution in [3.63, 3.8) is 0 Å². The van der Waals surface area contributed by atoms with E-state index < -0.39 is 0 Å². The van der Waals surface area contributed by atoms with Crippen molar-refractivity contribution < 1.29 is 9.18 Å². The Morgan fingerprint density at radius 1 is 1.14 bits per heavy atom. The standard InChI is InChI=1S/C23H24FN3OS/c1-15-2-7-21-20(12-15)25-23(29-21)27-10-8-26(9-11-27)22(28)14-16-3-6-18(17-4-5-17)19(24)13-16/h2-3,6-7,12-13,17H,4-5,8-11,14H2,1H3. The maximum absolute atomic E-state index is 14.2. The Kier molecular flexibility index (Phi) is 4.74. The summed E-state index contributed by atoms with van der Waals surface area (Å²) >= 11 is 1.70. The maximum atomic E-state index is 14.2. The molecule has 4 nitrogen and oxygen atoms in total. The van der Waals surface area contributed by atoms with Gasteiger partial charge in [-0.05, 0) is 60.6 Å². The molecular weight excluding hydrogens is 385 g/mol. The molecule has 2 aliphatic rings. The van der Waals surface area contributed by atoms with E-state index in [-0.39, 0.29) is 18.1 Å². The van der Waals surface area contributed by atoms with Crippen LogP contribution >= 0.6 is 11.3 Å². The van der Waals surface area contributed by atoms with Gasteiger partial charge >= 0.3 is 0 Å². The second-order valence-corrected chi connectivity index (χ2v) is 9.15. The number of carbonyl (C=O) groups excluding carboxylic acids is 1. The number of hydrogen-bond donors (Lipinski definition) is 0. The lowest BCUT2D eigenvalue weighted by atomic mass is 10.0. The monoisotopic (exact) mass is 409 g/mol. The van der Waals surface area contributed by atoms with Crippen LogP contribution in [0, 0.1) is 12.7 Å². The third kappa shape index (κ3) is 3.86. The maximum Gasteiger partial charge on any atom is 0.227 e. The van der Waals surface area contributed by atoms with E-state index in [1.165, 1.54) is 10.3 Å². The average molecular weight is 410 g/mol. The highest BCUT2D eigenvalue weighted by atomic mass is 32.1. The fourth-order valence-electron chi connectivity index (χ4n) is 4.00. The summed E-state index contributed by atoms with van der Waals surface area (Å²) in [5.74, 6) is 0.302. The lowest BCUT2D eigenvalue weighted by Crippen LogP contribution is -2.49. The summed E-state index contributed by atoms with van der Waals surface area (Å²) in [5, 5.41) is 1.02. The van der Waals surface area contributed by atoms with Gasteiger partial charge < -0.3 is 9.80 Å². The van der Waals surface area contributed by atoms with E-state index in [0.29, 0.717) is 19.0 Å². The number of fused-ring (bicyclic) bond motifs is 1. The molecule has 6 heteroatoms. The highest BCUT2D eigenvalue weighted by Gasteiger charge is 2.27. The molecule has 1 aliphatic carbocycles. The van der Waals surface area contributed by atoms with Crippen molar-refractivity contribution in [3.05, 3.63) is 58.9 Å². The van der Waals surface area contributed by atoms with Crippen LogP contribution in [-0.4, -0.2) is 42.0 Å². The number of hydrogen-bond acceptors (Lipinski definition) is 4. The number of rotatable bonds is 4. The highest BCUT2D eigenvalue weighted by Crippen LogP contribution is 2.41. The number of halogens is 1. The predicted octanol–water partition coefficient (Wildman–Crippen LogP) is 4.51. The van der Waals surface area contributed by atoms with E-state index >= 15 is 0 Å². The molecule has 2 fully saturated rings. The zero-order valence-electron chi connectivity index (χ0n) is 16.5. The van der Waals surface area contributed by atoms with Gasteiger partial charge in [0.1, 0.15) is 5.82 Å². The number of thiazole rings is 1. The second kappa shape index (κ2) is 7.41. The van der Waals surface area contributed by atoms with Crippen molar-refractivity contribution in [2.45, 2.75) is 32.1 Å². The Labute approximate surface area is 174 Å². The molecule has 29 heavy (non-hydrogen) atoms. The van der Waals surface area contributed by atoms with Crippen LogP contribution < -0.4 is 4.90 Å². The molecule has 1 amide bonds. The molecule has 0 atom stereocenters. The number of benzene rings is 2. The number of piperazine rings is 1. The average Bonchev–Trinajstić information content (AvgIpc) is 3.46. The quantitative estimate of drug-likeness (QED) is 0.636. The molecule has 2 aromatic carbocycles. The summed E-state index contributed by atoms with van der Waals surface area (Å²) < 4.78 is 15.4. The SMILES string of the molecule is Cc1ccc2sc(N3CCN(C(=O)Cc4ccc(C5CC5)c(F)c4)CC3)nc2c1. The first-order valence-corrected chi connectivity index (χ1v) is 11.1. The Morgan fingerprint density at radius 2 is 1.93 bits per heavy atom. The number of nitrogens with zero attached hydrogens (tertiary/aromatic N) is 3. The first kappa shape index (κ1) is 18.6. The predicted molar refractivity (Wildman–Crippen MR) is 115 cm³/mol. The third-order valence-electron chi connectivity index (χ3n) is 5.87. The summed E-state index contributed by atoms with van der Waals surface area (Å²) in [4.78, 5) is 21.6. The molecule has 0 radical (unpaired) electrons. The van der Waals surface area contributed by atoms with Crippen molar-refractivity contribution in [1.82, 2.24) is 9.88 Å². The van der Waals surface area contributed by atoms with Crippen molar-refractivity contribution >= 4 is 32.6 Å². The molecule has 5 rings (SSSR count). The van der Waals surface area contributed by atoms with Gasteiger partial charge in [-0.3, -0.25) is 4.79 Å². The van der Waals surface area contributed by atoms with E-state index in [9.17, 15) is 9.18 Å². The number of aryl methyl sites for hydroxylation is 1. The van der Waals surface area contributed by atoms with Gasteiger partial charge in [-0.25, -0.2) is 9.37 Å². The van der Waals surface area contributed by atoms with Crippen LogP contribution in [0.25, 0.3) is 10.2 Å². The number of carbonyl (C=O) groups is 1. The normalized spacial score (nSPS) is 17.2. The zero-order valence-corrected chi connectivity index (χ0v) is 17.3. The smallest absolute Gasteiger partial charge is 0.227 e. The first-order valence-electron chi connectivity index (χ1n) is 10.2. The third-order valence-corrected chi connectivity index (χ3v) is 6.97. The van der Waals surface area contributed by atoms with Crippen LogP contribution in [0.15, 0.2) is 36.4 Å². The Morgan fingerprint density at radius 3 is 2.66 bits per heavy atom. The Hall–Kier alpha value is -2.47. The van der Waals surface area contributed by atoms with Gasteiger partial charge in [0.15, 0.2) is 5.13 Å². The molecule has 1 saturated carbocycles. The van der Waals surface area contributed by atoms with Gasteiger partial charge in [-0.1, -0.05) is 29.5 Å². The van der Waals surface area contributed by atoms with Crippen molar-refractivity contribution in [2.24, 2.45) is 0 Å². The second-order valence-electron chi connectivity index (χ2n) is 8.14. The Balaban J connectivity index is 1.20. The lowest BCUT2D eigenvalue weighted by molar-refractivity contribution is -0.130. The lowest BCUT2D eigenvalue weighted by Gasteiger charge is -2.34. The van der Waals surface area contributed by atoms with Gasteiger partial charge in [0.25, 0.3) is 0 Å². The fraction of sp³-hybridized carbons (Fsp3) is 0.391. The van der Waals surface area contributed by atoms with Gasteiger partial charge in [0.2, 0.25) is 5.91 Å². The summed E-state index contributed by atoms with van der Waals surface area (Å²) in [6, 6.07) is 11.7. The minimum Gasteiger partial charge on any atom is -0.345 e. The highest BCUT2D eigenvalue weighted by molar-refractivity contribution is 7.22. The Bertz CT molecular complexity index is 1070. The minimum absolute atomic E-state index is 0.0724. The first-order chi connectivity index (χ1) is 14.1. The molecule has 1 aliphatic heterocycles. The minimum atomic E-state index is -0.159. The molecule has 1 saturated heterocycles. The van der Waals surface area contributed by atoms with Crippen LogP contribution in [0.3, 0.4) is 0 Å². The molecule has 3 aromatic rings. The van der Waals surface area contributed by atoms with Crippen LogP contribution in [0.1, 0.15) is 35.4 Å². The molecule has 0 bridgehead atoms. The summed E-state index contributed by atoms with van der Waals surface area (Å²) in [6.07, 6.45) is 2.42. The summed E-state index contributed by atoms with van der Waals surface area (Å²) in [6.45, 7) is 4.99. The van der Waals surface area contributed by atoms with E-state index in [2.05, 4.69) is 30.0 Å². The van der Waals surface area contributed by atoms with E-state index in [0.717, 1.165) is 47.7 Å². The van der Waals surface area contributed by atoms with Crippen molar-refractivity contribution in [1.29, 1.82) is 0 Å². The summed E-state index contributed by atoms with van der Waals surface area (Å²) in [5.41, 5.74) is 3.83. The molecule has 0 unspecified atom stereocenters. The van der Waals surface area contributed by atoms with Gasteiger partial charge in [0, 0.05) is 26.2 Å². The number of anilines is 1. The largest absolute Gasteiger partial charge is 0.345 e. The topological polar surface area (TPSA) is 36.4 Å². The molecule has 2 heterocycles. The van der Waals surface area contributed by atoms with E-state index in [1.54, 1.807) is 17.4 Å². The van der Waals surface area contributed by atoms with Crippen LogP contribution in [0.5, 0.6) is 0 Å². The fourth-order valence-corrected chi connectivity index (χ4v) is 5.00. The zero-order chi connectivity index (χ0) is 20.0. The van der Waals surface area contributed by atoms with Crippen molar-refractivity contribution in [2.75, 3.05) is 31.1 Å². The number of amides is 1. The molecular formula is C23H24FN3OS. The van der Waals surface area contributed by atoms with E-state index in [4.69, 9.17) is 4.98 Å². The molecule has 1 aromatic heterocycles. The van der Waals surface area contributed by atoms with Crippen LogP contribution in [0.4, 0.5) is 9.52 Å². The van der Waals surface area contributed by atoms with Crippen LogP contribution in [-0.2, 0) is 11.2 Å². The molecule has 0 spiro atoms. The molecule has 0 N–H and O–H groups in total. The van der Waals surface area contributed by atoms with Crippen molar-refractivity contribution in [3.8, 4) is 0 Å². The molecule has 150 valence electrons. The van der Waals surface area contributed by atoms with E-state index in [1.807, 2.05) is 17.0 Å². The number of aromatic nitrogens is 1.